The third-order valence-electron chi connectivity index (χ3n) is 13.8. The average Bonchev–Trinajstić information content (AvgIpc) is 3.96. The van der Waals surface area contributed by atoms with Crippen LogP contribution in [0, 0.1) is 19.8 Å². The molecule has 0 spiro atoms. The summed E-state index contributed by atoms with van der Waals surface area (Å²) >= 11 is 2.96. The summed E-state index contributed by atoms with van der Waals surface area (Å²) in [7, 11) is -8.54. The van der Waals surface area contributed by atoms with Crippen LogP contribution in [0.1, 0.15) is 132 Å². The monoisotopic (exact) mass is 1040 g/mol. The van der Waals surface area contributed by atoms with Crippen molar-refractivity contribution >= 4 is 78.6 Å². The van der Waals surface area contributed by atoms with E-state index in [0.717, 1.165) is 43.6 Å². The Labute approximate surface area is 442 Å². The molecule has 2 aromatic heterocycles. The molecule has 0 atom stereocenters. The van der Waals surface area contributed by atoms with E-state index in [1.165, 1.54) is 62.1 Å². The molecule has 0 fully saturated rings. The normalized spacial score (nSPS) is 13.9. The first kappa shape index (κ1) is 52.2. The lowest BCUT2D eigenvalue weighted by molar-refractivity contribution is 0.462. The van der Waals surface area contributed by atoms with Gasteiger partial charge in [0.15, 0.2) is 10.1 Å². The lowest BCUT2D eigenvalue weighted by Gasteiger charge is -2.31. The molecule has 0 radical (unpaired) electrons. The minimum Gasteiger partial charge on any atom is -0.738 e. The summed E-state index contributed by atoms with van der Waals surface area (Å²) in [5.41, 5.74) is 13.3. The topological polar surface area (TPSA) is 98.3 Å². The fourth-order valence-corrected chi connectivity index (χ4v) is 17.1. The number of rotatable bonds is 9. The number of nitrogens with one attached hydrogen (secondary N) is 2. The van der Waals surface area contributed by atoms with Crippen LogP contribution in [-0.2, 0) is 36.3 Å². The Morgan fingerprint density at radius 1 is 0.493 bits per heavy atom. The number of anilines is 4. The molecule has 1 aliphatic rings. The number of fused-ring (bicyclic) bond motifs is 2. The molecule has 8 aromatic rings. The molecule has 376 valence electrons. The SMILES string of the molecule is Cc1cc(C(C)(C)C)c(Nc2ccc(-c3cc4c(s3)[C+](c3ccccc3S(=O)(=O)[O-])c3sc(-c5ccc(Nc6c(C(C)(C)C)cc(C)cc6C(C)(C)C)cc5)cc3P4(=O)c3ccccc3)cc2)c(C(C)(C)C)c1. The first-order chi connectivity index (χ1) is 34.0. The molecule has 6 aromatic carbocycles. The molecule has 0 amide bonds. The number of aryl methyl sites for hydroxylation is 2. The fourth-order valence-electron chi connectivity index (χ4n) is 10.1. The first-order valence-corrected chi connectivity index (χ1v) is 29.7. The predicted molar refractivity (Wildman–Crippen MR) is 311 cm³/mol. The van der Waals surface area contributed by atoms with Crippen molar-refractivity contribution in [2.45, 2.75) is 123 Å². The van der Waals surface area contributed by atoms with Crippen molar-refractivity contribution in [3.8, 4) is 20.9 Å². The third kappa shape index (κ3) is 10.0. The van der Waals surface area contributed by atoms with Crippen LogP contribution in [0.2, 0.25) is 0 Å². The molecule has 6 nitrogen and oxygen atoms in total. The average molecular weight is 1040 g/mol. The van der Waals surface area contributed by atoms with E-state index >= 15 is 4.57 Å². The molecule has 0 saturated heterocycles. The zero-order chi connectivity index (χ0) is 52.8. The van der Waals surface area contributed by atoms with E-state index in [1.807, 2.05) is 42.5 Å². The molecule has 3 heterocycles. The first-order valence-electron chi connectivity index (χ1n) is 25.0. The largest absolute Gasteiger partial charge is 0.738 e. The molecular weight excluding hydrogens is 976 g/mol. The molecule has 73 heavy (non-hydrogen) atoms. The molecule has 0 aliphatic carbocycles. The Morgan fingerprint density at radius 3 is 1.21 bits per heavy atom. The van der Waals surface area contributed by atoms with Crippen molar-refractivity contribution in [2.24, 2.45) is 0 Å². The van der Waals surface area contributed by atoms with Crippen LogP contribution in [-0.4, -0.2) is 13.0 Å². The van der Waals surface area contributed by atoms with Crippen molar-refractivity contribution in [3.05, 3.63) is 194 Å². The second-order valence-electron chi connectivity index (χ2n) is 23.8. The highest BCUT2D eigenvalue weighted by Crippen LogP contribution is 2.58. The summed E-state index contributed by atoms with van der Waals surface area (Å²) < 4.78 is 56.1. The minimum absolute atomic E-state index is 0.102. The molecule has 2 N–H and O–H groups in total. The van der Waals surface area contributed by atoms with Crippen molar-refractivity contribution in [2.75, 3.05) is 10.6 Å². The van der Waals surface area contributed by atoms with Gasteiger partial charge in [-0.2, -0.15) is 0 Å². The van der Waals surface area contributed by atoms with Gasteiger partial charge in [-0.05, 0) is 123 Å². The lowest BCUT2D eigenvalue weighted by Crippen LogP contribution is -2.34. The highest BCUT2D eigenvalue weighted by atomic mass is 32.2. The van der Waals surface area contributed by atoms with Crippen LogP contribution in [0.15, 0.2) is 144 Å². The lowest BCUT2D eigenvalue weighted by atomic mass is 9.77. The van der Waals surface area contributed by atoms with Crippen molar-refractivity contribution in [3.63, 3.8) is 0 Å². The smallest absolute Gasteiger partial charge is 0.232 e. The highest BCUT2D eigenvalue weighted by Gasteiger charge is 2.51. The van der Waals surface area contributed by atoms with Crippen LogP contribution in [0.25, 0.3) is 20.9 Å². The summed E-state index contributed by atoms with van der Waals surface area (Å²) in [5.74, 6) is 0.596. The van der Waals surface area contributed by atoms with E-state index in [9.17, 15) is 13.0 Å². The van der Waals surface area contributed by atoms with E-state index < -0.39 is 17.3 Å². The molecule has 0 saturated carbocycles. The van der Waals surface area contributed by atoms with E-state index in [2.05, 4.69) is 180 Å². The summed E-state index contributed by atoms with van der Waals surface area (Å²) in [6.45, 7) is 31.3. The second-order valence-corrected chi connectivity index (χ2v) is 29.9. The van der Waals surface area contributed by atoms with Gasteiger partial charge in [0.1, 0.15) is 20.2 Å². The summed E-state index contributed by atoms with van der Waals surface area (Å²) in [4.78, 5) is 2.82. The van der Waals surface area contributed by atoms with E-state index in [4.69, 9.17) is 0 Å². The zero-order valence-electron chi connectivity index (χ0n) is 44.6. The van der Waals surface area contributed by atoms with Crippen LogP contribution < -0.4 is 26.5 Å². The van der Waals surface area contributed by atoms with E-state index in [0.29, 0.717) is 37.1 Å². The molecular formula is C63H67N2O4PS3. The van der Waals surface area contributed by atoms with Gasteiger partial charge in [-0.15, -0.1) is 22.7 Å². The van der Waals surface area contributed by atoms with Gasteiger partial charge in [0, 0.05) is 56.0 Å². The molecule has 1 aliphatic heterocycles. The Hall–Kier alpha value is -5.67. The Bertz CT molecular complexity index is 3310. The maximum Gasteiger partial charge on any atom is 0.232 e. The highest BCUT2D eigenvalue weighted by molar-refractivity contribution is 7.86. The van der Waals surface area contributed by atoms with Gasteiger partial charge in [-0.3, -0.25) is 4.57 Å². The Morgan fingerprint density at radius 2 is 0.849 bits per heavy atom. The van der Waals surface area contributed by atoms with Crippen molar-refractivity contribution < 1.29 is 17.5 Å². The number of hydrogen-bond donors (Lipinski definition) is 2. The summed E-state index contributed by atoms with van der Waals surface area (Å²) in [6.07, 6.45) is 0. The zero-order valence-corrected chi connectivity index (χ0v) is 47.9. The van der Waals surface area contributed by atoms with Gasteiger partial charge in [0.2, 0.25) is 7.14 Å². The maximum absolute atomic E-state index is 16.6. The van der Waals surface area contributed by atoms with E-state index in [-0.39, 0.29) is 26.6 Å². The summed E-state index contributed by atoms with van der Waals surface area (Å²) in [5, 5.41) is 9.56. The van der Waals surface area contributed by atoms with Gasteiger partial charge >= 0.3 is 0 Å². The van der Waals surface area contributed by atoms with Gasteiger partial charge in [0.05, 0.1) is 16.5 Å². The standard InChI is InChI=1S/C63H67N2O4PS3/c1-38-32-46(60(3,4)5)56(47(33-38)61(6,7)8)64-42-28-24-40(25-29-42)52-36-50-58(71-52)55(45-22-18-19-23-54(45)73(67,68)69)59-51(70(50,66)44-20-16-15-17-21-44)37-53(72-59)41-26-30-43(31-27-41)65-57-48(62(9,10)11)34-39(2)35-49(57)63(12,13)14/h15-37,64-65H,1-14H3. The molecule has 0 bridgehead atoms. The molecule has 0 unspecified atom stereocenters. The minimum atomic E-state index is -4.92. The summed E-state index contributed by atoms with van der Waals surface area (Å²) in [6, 6.07) is 45.9. The second kappa shape index (κ2) is 18.6. The Kier molecular flexibility index (Phi) is 13.3. The van der Waals surface area contributed by atoms with Crippen LogP contribution in [0.4, 0.5) is 22.7 Å². The third-order valence-corrected chi connectivity index (χ3v) is 20.5. The number of thiophene rings is 2. The predicted octanol–water partition coefficient (Wildman–Crippen LogP) is 16.3. The number of hydrogen-bond acceptors (Lipinski definition) is 8. The van der Waals surface area contributed by atoms with Gasteiger partial charge < -0.3 is 15.2 Å². The number of benzene rings is 6. The van der Waals surface area contributed by atoms with Gasteiger partial charge in [-0.1, -0.05) is 161 Å². The van der Waals surface area contributed by atoms with Crippen LogP contribution in [0.5, 0.6) is 0 Å². The van der Waals surface area contributed by atoms with Crippen LogP contribution >= 0.6 is 29.8 Å². The molecule has 10 heteroatoms. The van der Waals surface area contributed by atoms with Gasteiger partial charge in [0.25, 0.3) is 0 Å². The fraction of sp³-hybridized carbons (Fsp3) is 0.286. The van der Waals surface area contributed by atoms with Gasteiger partial charge in [-0.25, -0.2) is 8.42 Å². The van der Waals surface area contributed by atoms with Crippen molar-refractivity contribution in [1.82, 2.24) is 0 Å². The van der Waals surface area contributed by atoms with Crippen LogP contribution in [0.3, 0.4) is 0 Å². The Balaban J connectivity index is 1.17. The van der Waals surface area contributed by atoms with E-state index in [1.54, 1.807) is 18.2 Å². The quantitative estimate of drug-likeness (QED) is 0.0849. The molecule has 9 rings (SSSR count). The maximum atomic E-state index is 16.6. The van der Waals surface area contributed by atoms with Crippen molar-refractivity contribution in [1.29, 1.82) is 0 Å².